The second kappa shape index (κ2) is 7.21. The van der Waals surface area contributed by atoms with Crippen LogP contribution in [0.4, 0.5) is 0 Å². The van der Waals surface area contributed by atoms with Crippen LogP contribution in [-0.2, 0) is 10.0 Å². The minimum absolute atomic E-state index is 0.173. The van der Waals surface area contributed by atoms with Gasteiger partial charge < -0.3 is 10.2 Å². The Kier molecular flexibility index (Phi) is 5.55. The van der Waals surface area contributed by atoms with Gasteiger partial charge in [0.2, 0.25) is 10.0 Å². The number of rotatable bonds is 6. The molecule has 1 aliphatic heterocycles. The number of likely N-dealkylation sites (tertiary alicyclic amines) is 1. The maximum absolute atomic E-state index is 12.0. The lowest BCUT2D eigenvalue weighted by Crippen LogP contribution is -2.33. The molecular weight excluding hydrogens is 302 g/mol. The van der Waals surface area contributed by atoms with Gasteiger partial charge in [-0.2, -0.15) is 0 Å². The van der Waals surface area contributed by atoms with E-state index in [2.05, 4.69) is 10.2 Å². The van der Waals surface area contributed by atoms with E-state index in [1.165, 1.54) is 39.1 Å². The van der Waals surface area contributed by atoms with Crippen LogP contribution < -0.4 is 5.32 Å². The molecule has 1 aromatic rings. The summed E-state index contributed by atoms with van der Waals surface area (Å²) < 4.78 is 25.1. The van der Waals surface area contributed by atoms with E-state index in [4.69, 9.17) is 0 Å². The molecule has 0 bridgehead atoms. The van der Waals surface area contributed by atoms with Crippen LogP contribution in [0.25, 0.3) is 0 Å². The molecule has 1 N–H and O–H groups in total. The highest BCUT2D eigenvalue weighted by atomic mass is 32.2. The van der Waals surface area contributed by atoms with Crippen LogP contribution in [0, 0.1) is 0 Å². The highest BCUT2D eigenvalue weighted by Crippen LogP contribution is 2.14. The smallest absolute Gasteiger partial charge is 0.251 e. The Balaban J connectivity index is 1.90. The van der Waals surface area contributed by atoms with Crippen molar-refractivity contribution < 1.29 is 13.2 Å². The third kappa shape index (κ3) is 4.06. The highest BCUT2D eigenvalue weighted by molar-refractivity contribution is 7.89. The maximum atomic E-state index is 12.0. The first-order valence-electron chi connectivity index (χ1n) is 7.44. The van der Waals surface area contributed by atoms with Gasteiger partial charge in [-0.3, -0.25) is 4.79 Å². The minimum Gasteiger partial charge on any atom is -0.351 e. The lowest BCUT2D eigenvalue weighted by molar-refractivity contribution is 0.0949. The SMILES string of the molecule is CN(C)S(=O)(=O)c1ccc(C(=O)NCCN2CCCC2)cc1. The molecule has 1 aromatic carbocycles. The fraction of sp³-hybridized carbons (Fsp3) is 0.533. The second-order valence-corrected chi connectivity index (χ2v) is 7.77. The fourth-order valence-corrected chi connectivity index (χ4v) is 3.33. The van der Waals surface area contributed by atoms with E-state index in [1.54, 1.807) is 12.1 Å². The van der Waals surface area contributed by atoms with Gasteiger partial charge in [-0.1, -0.05) is 0 Å². The topological polar surface area (TPSA) is 69.7 Å². The van der Waals surface area contributed by atoms with Crippen molar-refractivity contribution in [1.82, 2.24) is 14.5 Å². The summed E-state index contributed by atoms with van der Waals surface area (Å²) in [4.78, 5) is 14.5. The molecule has 7 heteroatoms. The molecule has 1 fully saturated rings. The summed E-state index contributed by atoms with van der Waals surface area (Å²) in [6, 6.07) is 6.01. The monoisotopic (exact) mass is 325 g/mol. The molecule has 0 atom stereocenters. The molecule has 2 rings (SSSR count). The predicted molar refractivity (Wildman–Crippen MR) is 85.3 cm³/mol. The first-order chi connectivity index (χ1) is 10.4. The van der Waals surface area contributed by atoms with E-state index >= 15 is 0 Å². The van der Waals surface area contributed by atoms with Crippen LogP contribution >= 0.6 is 0 Å². The van der Waals surface area contributed by atoms with Crippen molar-refractivity contribution >= 4 is 15.9 Å². The summed E-state index contributed by atoms with van der Waals surface area (Å²) >= 11 is 0. The number of hydrogen-bond acceptors (Lipinski definition) is 4. The van der Waals surface area contributed by atoms with E-state index < -0.39 is 10.0 Å². The van der Waals surface area contributed by atoms with Crippen molar-refractivity contribution in [2.45, 2.75) is 17.7 Å². The molecule has 0 unspecified atom stereocenters. The number of nitrogens with zero attached hydrogens (tertiary/aromatic N) is 2. The molecule has 0 saturated carbocycles. The zero-order chi connectivity index (χ0) is 16.2. The third-order valence-electron chi connectivity index (χ3n) is 3.81. The van der Waals surface area contributed by atoms with Gasteiger partial charge in [0.05, 0.1) is 4.90 Å². The molecule has 1 aliphatic rings. The molecule has 0 aromatic heterocycles. The fourth-order valence-electron chi connectivity index (χ4n) is 2.42. The van der Waals surface area contributed by atoms with Crippen molar-refractivity contribution in [2.24, 2.45) is 0 Å². The Hall–Kier alpha value is -1.44. The lowest BCUT2D eigenvalue weighted by atomic mass is 10.2. The zero-order valence-electron chi connectivity index (χ0n) is 13.1. The van der Waals surface area contributed by atoms with Crippen LogP contribution in [0.1, 0.15) is 23.2 Å². The molecule has 1 amide bonds. The van der Waals surface area contributed by atoms with Crippen LogP contribution in [-0.4, -0.2) is 63.8 Å². The van der Waals surface area contributed by atoms with Crippen molar-refractivity contribution in [3.05, 3.63) is 29.8 Å². The summed E-state index contributed by atoms with van der Waals surface area (Å²) in [6.45, 7) is 3.68. The maximum Gasteiger partial charge on any atom is 0.251 e. The summed E-state index contributed by atoms with van der Waals surface area (Å²) in [6.07, 6.45) is 2.46. The number of carbonyl (C=O) groups is 1. The van der Waals surface area contributed by atoms with Gasteiger partial charge in [-0.05, 0) is 50.2 Å². The van der Waals surface area contributed by atoms with E-state index in [0.29, 0.717) is 12.1 Å². The molecule has 0 radical (unpaired) electrons. The Labute approximate surface area is 132 Å². The molecule has 22 heavy (non-hydrogen) atoms. The van der Waals surface area contributed by atoms with E-state index in [9.17, 15) is 13.2 Å². The number of carbonyl (C=O) groups excluding carboxylic acids is 1. The van der Waals surface area contributed by atoms with Crippen molar-refractivity contribution in [3.63, 3.8) is 0 Å². The Morgan fingerprint density at radius 1 is 1.18 bits per heavy atom. The number of sulfonamides is 1. The number of benzene rings is 1. The van der Waals surface area contributed by atoms with Gasteiger partial charge in [-0.15, -0.1) is 0 Å². The predicted octanol–water partition coefficient (Wildman–Crippen LogP) is 0.763. The van der Waals surface area contributed by atoms with Crippen LogP contribution in [0.15, 0.2) is 29.2 Å². The average molecular weight is 325 g/mol. The average Bonchev–Trinajstić information content (AvgIpc) is 3.00. The normalized spacial score (nSPS) is 16.1. The van der Waals surface area contributed by atoms with E-state index in [1.807, 2.05) is 0 Å². The minimum atomic E-state index is -3.45. The van der Waals surface area contributed by atoms with Crippen molar-refractivity contribution in [2.75, 3.05) is 40.3 Å². The van der Waals surface area contributed by atoms with Gasteiger partial charge in [0.15, 0.2) is 0 Å². The molecule has 6 nitrogen and oxygen atoms in total. The first kappa shape index (κ1) is 16.9. The molecule has 1 saturated heterocycles. The van der Waals surface area contributed by atoms with Gasteiger partial charge in [-0.25, -0.2) is 12.7 Å². The Morgan fingerprint density at radius 2 is 1.77 bits per heavy atom. The Bertz CT molecular complexity index is 605. The number of amides is 1. The first-order valence-corrected chi connectivity index (χ1v) is 8.88. The quantitative estimate of drug-likeness (QED) is 0.838. The van der Waals surface area contributed by atoms with E-state index in [0.717, 1.165) is 23.9 Å². The largest absolute Gasteiger partial charge is 0.351 e. The standard InChI is InChI=1S/C15H23N3O3S/c1-17(2)22(20,21)14-7-5-13(6-8-14)15(19)16-9-12-18-10-3-4-11-18/h5-8H,3-4,9-12H2,1-2H3,(H,16,19). The van der Waals surface area contributed by atoms with Crippen LogP contribution in [0.2, 0.25) is 0 Å². The summed E-state index contributed by atoms with van der Waals surface area (Å²) in [5.41, 5.74) is 0.471. The van der Waals surface area contributed by atoms with Crippen LogP contribution in [0.3, 0.4) is 0 Å². The van der Waals surface area contributed by atoms with E-state index in [-0.39, 0.29) is 10.8 Å². The lowest BCUT2D eigenvalue weighted by Gasteiger charge is -2.15. The van der Waals surface area contributed by atoms with Gasteiger partial charge >= 0.3 is 0 Å². The van der Waals surface area contributed by atoms with Crippen LogP contribution in [0.5, 0.6) is 0 Å². The van der Waals surface area contributed by atoms with Gasteiger partial charge in [0.1, 0.15) is 0 Å². The summed E-state index contributed by atoms with van der Waals surface area (Å²) in [5, 5.41) is 2.87. The number of hydrogen-bond donors (Lipinski definition) is 1. The molecule has 0 spiro atoms. The van der Waals surface area contributed by atoms with Crippen molar-refractivity contribution in [3.8, 4) is 0 Å². The molecule has 122 valence electrons. The summed E-state index contributed by atoms with van der Waals surface area (Å²) in [5.74, 6) is -0.173. The molecule has 0 aliphatic carbocycles. The summed E-state index contributed by atoms with van der Waals surface area (Å²) in [7, 11) is -0.491. The highest BCUT2D eigenvalue weighted by Gasteiger charge is 2.17. The zero-order valence-corrected chi connectivity index (χ0v) is 13.9. The number of nitrogens with one attached hydrogen (secondary N) is 1. The molecular formula is C15H23N3O3S. The van der Waals surface area contributed by atoms with Crippen molar-refractivity contribution in [1.29, 1.82) is 0 Å². The Morgan fingerprint density at radius 3 is 2.32 bits per heavy atom. The van der Waals surface area contributed by atoms with Gasteiger partial charge in [0.25, 0.3) is 5.91 Å². The van der Waals surface area contributed by atoms with Gasteiger partial charge in [0, 0.05) is 32.7 Å². The molecule has 1 heterocycles. The third-order valence-corrected chi connectivity index (χ3v) is 5.64. The second-order valence-electron chi connectivity index (χ2n) is 5.62.